The highest BCUT2D eigenvalue weighted by Crippen LogP contribution is 2.37. The van der Waals surface area contributed by atoms with E-state index in [0.29, 0.717) is 16.5 Å². The molecule has 30 heavy (non-hydrogen) atoms. The average molecular weight is 424 g/mol. The number of phenolic OH excluding ortho intramolecular Hbond substituents is 1. The highest BCUT2D eigenvalue weighted by molar-refractivity contribution is 5.87. The summed E-state index contributed by atoms with van der Waals surface area (Å²) in [7, 11) is 1.24. The monoisotopic (exact) mass is 424 g/mol. The van der Waals surface area contributed by atoms with Gasteiger partial charge in [0.25, 0.3) is 5.88 Å². The average Bonchev–Trinajstić information content (AvgIpc) is 2.69. The Balaban J connectivity index is 1.84. The molecular weight excluding hydrogens is 408 g/mol. The molecule has 0 saturated heterocycles. The van der Waals surface area contributed by atoms with E-state index in [1.165, 1.54) is 19.2 Å². The van der Waals surface area contributed by atoms with Crippen LogP contribution in [0, 0.1) is 12.7 Å². The Morgan fingerprint density at radius 2 is 1.93 bits per heavy atom. The third kappa shape index (κ3) is 4.37. The maximum absolute atomic E-state index is 13.4. The number of alkyl halides is 3. The van der Waals surface area contributed by atoms with E-state index in [0.717, 1.165) is 24.3 Å². The number of amides is 1. The van der Waals surface area contributed by atoms with E-state index in [-0.39, 0.29) is 23.7 Å². The molecule has 0 bridgehead atoms. The maximum atomic E-state index is 13.4. The highest BCUT2D eigenvalue weighted by Gasteiger charge is 2.31. The molecule has 0 aliphatic rings. The first-order chi connectivity index (χ1) is 14.1. The summed E-state index contributed by atoms with van der Waals surface area (Å²) in [6.45, 7) is 1.46. The van der Waals surface area contributed by atoms with Crippen molar-refractivity contribution < 1.29 is 36.9 Å². The second kappa shape index (κ2) is 8.05. The molecule has 2 N–H and O–H groups in total. The predicted octanol–water partition coefficient (Wildman–Crippen LogP) is 4.70. The van der Waals surface area contributed by atoms with Gasteiger partial charge in [0.2, 0.25) is 0 Å². The lowest BCUT2D eigenvalue weighted by Gasteiger charge is -2.15. The van der Waals surface area contributed by atoms with Crippen LogP contribution in [0.3, 0.4) is 0 Å². The van der Waals surface area contributed by atoms with Crippen molar-refractivity contribution >= 4 is 17.0 Å². The minimum absolute atomic E-state index is 0.0338. The number of carbonyl (C=O) groups is 1. The Morgan fingerprint density at radius 1 is 1.20 bits per heavy atom. The first-order valence-electron chi connectivity index (χ1n) is 8.58. The molecule has 1 heterocycles. The van der Waals surface area contributed by atoms with Crippen molar-refractivity contribution in [2.24, 2.45) is 0 Å². The van der Waals surface area contributed by atoms with Gasteiger partial charge in [-0.25, -0.2) is 14.2 Å². The molecule has 0 atom stereocenters. The summed E-state index contributed by atoms with van der Waals surface area (Å²) in [5, 5.41) is 11.9. The topological polar surface area (TPSA) is 80.7 Å². The summed E-state index contributed by atoms with van der Waals surface area (Å²) < 4.78 is 62.5. The number of methoxy groups -OCH3 is 1. The maximum Gasteiger partial charge on any atom is 0.416 e. The number of hydrogen-bond donors (Lipinski definition) is 2. The molecule has 10 heteroatoms. The van der Waals surface area contributed by atoms with E-state index in [4.69, 9.17) is 9.47 Å². The van der Waals surface area contributed by atoms with E-state index in [9.17, 15) is 27.5 Å². The predicted molar refractivity (Wildman–Crippen MR) is 99.0 cm³/mol. The van der Waals surface area contributed by atoms with Gasteiger partial charge in [-0.1, -0.05) is 12.1 Å². The molecule has 0 radical (unpaired) electrons. The van der Waals surface area contributed by atoms with Crippen molar-refractivity contribution in [2.45, 2.75) is 19.6 Å². The van der Waals surface area contributed by atoms with Crippen molar-refractivity contribution in [3.05, 3.63) is 58.9 Å². The molecule has 6 nitrogen and oxygen atoms in total. The zero-order valence-corrected chi connectivity index (χ0v) is 15.8. The molecule has 0 spiro atoms. The fraction of sp³-hybridized carbons (Fsp3) is 0.200. The van der Waals surface area contributed by atoms with Gasteiger partial charge in [0, 0.05) is 17.5 Å². The number of phenols is 1. The van der Waals surface area contributed by atoms with Crippen LogP contribution < -0.4 is 14.8 Å². The highest BCUT2D eigenvalue weighted by atomic mass is 19.4. The molecule has 3 rings (SSSR count). The summed E-state index contributed by atoms with van der Waals surface area (Å²) in [5.74, 6) is -1.57. The second-order valence-corrected chi connectivity index (χ2v) is 6.33. The molecule has 0 unspecified atom stereocenters. The van der Waals surface area contributed by atoms with Crippen LogP contribution >= 0.6 is 0 Å². The SMILES string of the molecule is COc1nc2cc(C(F)(F)F)ccc2c(C)c1OC(=O)NCc1ccc(O)c(F)c1. The minimum Gasteiger partial charge on any atom is -0.505 e. The summed E-state index contributed by atoms with van der Waals surface area (Å²) in [6.07, 6.45) is -5.43. The number of fused-ring (bicyclic) bond motifs is 1. The number of pyridine rings is 1. The third-order valence-corrected chi connectivity index (χ3v) is 4.32. The normalized spacial score (nSPS) is 11.4. The molecule has 0 fully saturated rings. The van der Waals surface area contributed by atoms with E-state index in [1.54, 1.807) is 6.92 Å². The molecule has 158 valence electrons. The zero-order valence-electron chi connectivity index (χ0n) is 15.8. The fourth-order valence-electron chi connectivity index (χ4n) is 2.78. The molecule has 0 aliphatic heterocycles. The lowest BCUT2D eigenvalue weighted by atomic mass is 10.1. The minimum atomic E-state index is -4.53. The van der Waals surface area contributed by atoms with Gasteiger partial charge in [-0.15, -0.1) is 0 Å². The lowest BCUT2D eigenvalue weighted by molar-refractivity contribution is -0.137. The van der Waals surface area contributed by atoms with Crippen LogP contribution in [0.2, 0.25) is 0 Å². The Labute approximate surface area is 168 Å². The number of aryl methyl sites for hydroxylation is 1. The van der Waals surface area contributed by atoms with Crippen LogP contribution in [0.15, 0.2) is 36.4 Å². The zero-order chi connectivity index (χ0) is 22.1. The number of ether oxygens (including phenoxy) is 2. The van der Waals surface area contributed by atoms with Crippen molar-refractivity contribution in [2.75, 3.05) is 7.11 Å². The number of nitrogens with one attached hydrogen (secondary N) is 1. The van der Waals surface area contributed by atoms with Gasteiger partial charge in [0.05, 0.1) is 18.2 Å². The number of carbonyl (C=O) groups excluding carboxylic acids is 1. The number of halogens is 4. The standard InChI is InChI=1S/C20H16F4N2O4/c1-10-13-5-4-12(20(22,23)24)8-15(13)26-18(29-2)17(10)30-19(28)25-9-11-3-6-16(27)14(21)7-11/h3-8,27H,9H2,1-2H3,(H,25,28). The van der Waals surface area contributed by atoms with Crippen LogP contribution in [-0.2, 0) is 12.7 Å². The summed E-state index contributed by atoms with van der Waals surface area (Å²) in [4.78, 5) is 16.2. The van der Waals surface area contributed by atoms with Gasteiger partial charge in [0.15, 0.2) is 17.3 Å². The smallest absolute Gasteiger partial charge is 0.416 e. The number of nitrogens with zero attached hydrogens (tertiary/aromatic N) is 1. The molecule has 0 saturated carbocycles. The Bertz CT molecular complexity index is 1120. The number of benzene rings is 2. The van der Waals surface area contributed by atoms with Crippen LogP contribution in [0.25, 0.3) is 10.9 Å². The van der Waals surface area contributed by atoms with E-state index in [1.807, 2.05) is 0 Å². The van der Waals surface area contributed by atoms with E-state index >= 15 is 0 Å². The molecule has 3 aromatic rings. The summed E-state index contributed by atoms with van der Waals surface area (Å²) >= 11 is 0. The van der Waals surface area contributed by atoms with Crippen LogP contribution in [0.4, 0.5) is 22.4 Å². The van der Waals surface area contributed by atoms with E-state index in [2.05, 4.69) is 10.3 Å². The van der Waals surface area contributed by atoms with Gasteiger partial charge in [0.1, 0.15) is 0 Å². The molecule has 0 aliphatic carbocycles. The Hall–Kier alpha value is -3.56. The molecule has 1 amide bonds. The Morgan fingerprint density at radius 3 is 2.57 bits per heavy atom. The van der Waals surface area contributed by atoms with Crippen molar-refractivity contribution in [1.29, 1.82) is 0 Å². The molecular formula is C20H16F4N2O4. The fourth-order valence-corrected chi connectivity index (χ4v) is 2.78. The largest absolute Gasteiger partial charge is 0.505 e. The van der Waals surface area contributed by atoms with Crippen molar-refractivity contribution in [3.8, 4) is 17.4 Å². The van der Waals surface area contributed by atoms with Crippen molar-refractivity contribution in [3.63, 3.8) is 0 Å². The number of hydrogen-bond acceptors (Lipinski definition) is 5. The third-order valence-electron chi connectivity index (χ3n) is 4.32. The summed E-state index contributed by atoms with van der Waals surface area (Å²) in [6, 6.07) is 6.65. The lowest BCUT2D eigenvalue weighted by Crippen LogP contribution is -2.27. The van der Waals surface area contributed by atoms with Crippen LogP contribution in [0.5, 0.6) is 17.4 Å². The Kier molecular flexibility index (Phi) is 5.68. The van der Waals surface area contributed by atoms with Crippen molar-refractivity contribution in [1.82, 2.24) is 10.3 Å². The summed E-state index contributed by atoms with van der Waals surface area (Å²) in [5.41, 5.74) is -0.0957. The first kappa shape index (κ1) is 21.2. The number of rotatable bonds is 4. The molecule has 1 aromatic heterocycles. The second-order valence-electron chi connectivity index (χ2n) is 6.33. The van der Waals surface area contributed by atoms with Crippen LogP contribution in [0.1, 0.15) is 16.7 Å². The number of aromatic nitrogens is 1. The first-order valence-corrected chi connectivity index (χ1v) is 8.58. The van der Waals surface area contributed by atoms with Gasteiger partial charge in [-0.2, -0.15) is 13.2 Å². The van der Waals surface area contributed by atoms with Gasteiger partial charge in [-0.3, -0.25) is 0 Å². The number of aromatic hydroxyl groups is 1. The van der Waals surface area contributed by atoms with Gasteiger partial charge < -0.3 is 19.9 Å². The van der Waals surface area contributed by atoms with E-state index < -0.39 is 29.4 Å². The van der Waals surface area contributed by atoms with Crippen LogP contribution in [-0.4, -0.2) is 23.3 Å². The quantitative estimate of drug-likeness (QED) is 0.594. The molecule has 2 aromatic carbocycles. The van der Waals surface area contributed by atoms with Gasteiger partial charge >= 0.3 is 12.3 Å². The van der Waals surface area contributed by atoms with Gasteiger partial charge in [-0.05, 0) is 36.8 Å².